The molecule has 0 aliphatic heterocycles. The van der Waals surface area contributed by atoms with Gasteiger partial charge in [0.1, 0.15) is 10.8 Å². The van der Waals surface area contributed by atoms with E-state index in [1.54, 1.807) is 0 Å². The maximum Gasteiger partial charge on any atom is 0.243 e. The minimum Gasteiger partial charge on any atom is -0.436 e. The second-order valence-electron chi connectivity index (χ2n) is 3.91. The Morgan fingerprint density at radius 1 is 1.42 bits per heavy atom. The number of hydrogen-bond acceptors (Lipinski definition) is 4. The van der Waals surface area contributed by atoms with Crippen LogP contribution in [0.3, 0.4) is 0 Å². The average Bonchev–Trinajstić information content (AvgIpc) is 2.37. The molecule has 0 radical (unpaired) electrons. The zero-order valence-corrected chi connectivity index (χ0v) is 12.9. The van der Waals surface area contributed by atoms with Crippen molar-refractivity contribution in [2.24, 2.45) is 0 Å². The van der Waals surface area contributed by atoms with Crippen molar-refractivity contribution < 1.29 is 4.74 Å². The van der Waals surface area contributed by atoms with E-state index in [0.717, 1.165) is 16.6 Å². The van der Waals surface area contributed by atoms with Gasteiger partial charge >= 0.3 is 0 Å². The third-order valence-corrected chi connectivity index (χ3v) is 3.22. The largest absolute Gasteiger partial charge is 0.436 e. The summed E-state index contributed by atoms with van der Waals surface area (Å²) < 4.78 is 6.57. The van der Waals surface area contributed by atoms with Crippen molar-refractivity contribution in [1.82, 2.24) is 9.97 Å². The number of rotatable bonds is 4. The van der Waals surface area contributed by atoms with E-state index in [9.17, 15) is 0 Å². The molecule has 0 bridgehead atoms. The first-order chi connectivity index (χ1) is 9.10. The molecule has 4 nitrogen and oxygen atoms in total. The highest BCUT2D eigenvalue weighted by molar-refractivity contribution is 9.10. The Labute approximate surface area is 125 Å². The van der Waals surface area contributed by atoms with Gasteiger partial charge in [0, 0.05) is 6.54 Å². The van der Waals surface area contributed by atoms with Gasteiger partial charge in [-0.05, 0) is 47.5 Å². The Hall–Kier alpha value is -1.33. The third-order valence-electron chi connectivity index (χ3n) is 2.34. The smallest absolute Gasteiger partial charge is 0.243 e. The first-order valence-corrected chi connectivity index (χ1v) is 6.97. The molecule has 0 aliphatic carbocycles. The number of aromatic nitrogens is 2. The number of benzene rings is 1. The van der Waals surface area contributed by atoms with E-state index in [1.807, 2.05) is 32.0 Å². The fourth-order valence-corrected chi connectivity index (χ4v) is 2.16. The number of hydrogen-bond donors (Lipinski definition) is 1. The van der Waals surface area contributed by atoms with Crippen LogP contribution in [0.4, 0.5) is 5.95 Å². The van der Waals surface area contributed by atoms with Crippen molar-refractivity contribution in [3.8, 4) is 11.6 Å². The Bertz CT molecular complexity index is 592. The molecule has 1 N–H and O–H groups in total. The first-order valence-electron chi connectivity index (χ1n) is 5.80. The number of aryl methyl sites for hydroxylation is 1. The van der Waals surface area contributed by atoms with E-state index < -0.39 is 0 Å². The standard InChI is InChI=1S/C13H13BrClN3O/c1-3-16-13-17-7-10(15)12(18-13)19-11-5-4-8(2)6-9(11)14/h4-7H,3H2,1-2H3,(H,16,17,18). The number of nitrogens with zero attached hydrogens (tertiary/aromatic N) is 2. The van der Waals surface area contributed by atoms with Gasteiger partial charge in [-0.15, -0.1) is 0 Å². The molecule has 0 aliphatic rings. The molecule has 0 unspecified atom stereocenters. The molecular formula is C13H13BrClN3O. The van der Waals surface area contributed by atoms with Crippen molar-refractivity contribution in [3.63, 3.8) is 0 Å². The van der Waals surface area contributed by atoms with Gasteiger partial charge in [0.05, 0.1) is 10.7 Å². The lowest BCUT2D eigenvalue weighted by Gasteiger charge is -2.10. The second kappa shape index (κ2) is 6.21. The molecule has 1 aromatic carbocycles. The molecule has 2 aromatic rings. The van der Waals surface area contributed by atoms with Crippen molar-refractivity contribution in [3.05, 3.63) is 39.5 Å². The molecular weight excluding hydrogens is 330 g/mol. The van der Waals surface area contributed by atoms with E-state index in [4.69, 9.17) is 16.3 Å². The van der Waals surface area contributed by atoms with Crippen LogP contribution in [-0.2, 0) is 0 Å². The molecule has 100 valence electrons. The lowest BCUT2D eigenvalue weighted by atomic mass is 10.2. The van der Waals surface area contributed by atoms with E-state index in [2.05, 4.69) is 31.2 Å². The number of nitrogens with one attached hydrogen (secondary N) is 1. The van der Waals surface area contributed by atoms with Gasteiger partial charge in [-0.2, -0.15) is 4.98 Å². The predicted molar refractivity (Wildman–Crippen MR) is 80.2 cm³/mol. The van der Waals surface area contributed by atoms with Gasteiger partial charge < -0.3 is 10.1 Å². The van der Waals surface area contributed by atoms with Crippen LogP contribution in [0.1, 0.15) is 12.5 Å². The van der Waals surface area contributed by atoms with Gasteiger partial charge in [0.25, 0.3) is 0 Å². The van der Waals surface area contributed by atoms with Crippen LogP contribution in [0.5, 0.6) is 11.6 Å². The molecule has 1 aromatic heterocycles. The summed E-state index contributed by atoms with van der Waals surface area (Å²) in [5.41, 5.74) is 1.14. The molecule has 0 spiro atoms. The maximum atomic E-state index is 6.04. The fraction of sp³-hybridized carbons (Fsp3) is 0.231. The Balaban J connectivity index is 2.29. The summed E-state index contributed by atoms with van der Waals surface area (Å²) in [6.45, 7) is 4.71. The van der Waals surface area contributed by atoms with Crippen LogP contribution in [0.15, 0.2) is 28.9 Å². The van der Waals surface area contributed by atoms with E-state index in [0.29, 0.717) is 22.6 Å². The molecule has 0 saturated heterocycles. The highest BCUT2D eigenvalue weighted by Crippen LogP contribution is 2.32. The SMILES string of the molecule is CCNc1ncc(Cl)c(Oc2ccc(C)cc2Br)n1. The quantitative estimate of drug-likeness (QED) is 0.893. The number of halogens is 2. The van der Waals surface area contributed by atoms with Gasteiger partial charge in [-0.3, -0.25) is 0 Å². The predicted octanol–water partition coefficient (Wildman–Crippen LogP) is 4.43. The number of anilines is 1. The lowest BCUT2D eigenvalue weighted by Crippen LogP contribution is -2.03. The molecule has 6 heteroatoms. The molecule has 0 saturated carbocycles. The minimum atomic E-state index is 0.331. The summed E-state index contributed by atoms with van der Waals surface area (Å²) >= 11 is 9.49. The normalized spacial score (nSPS) is 10.3. The van der Waals surface area contributed by atoms with Crippen molar-refractivity contribution in [1.29, 1.82) is 0 Å². The summed E-state index contributed by atoms with van der Waals surface area (Å²) in [4.78, 5) is 8.28. The molecule has 2 rings (SSSR count). The lowest BCUT2D eigenvalue weighted by molar-refractivity contribution is 0.459. The van der Waals surface area contributed by atoms with Crippen molar-refractivity contribution >= 4 is 33.5 Å². The summed E-state index contributed by atoms with van der Waals surface area (Å²) in [5, 5.41) is 3.38. The minimum absolute atomic E-state index is 0.331. The summed E-state index contributed by atoms with van der Waals surface area (Å²) in [6.07, 6.45) is 1.52. The monoisotopic (exact) mass is 341 g/mol. The fourth-order valence-electron chi connectivity index (χ4n) is 1.46. The average molecular weight is 343 g/mol. The van der Waals surface area contributed by atoms with Gasteiger partial charge in [0.15, 0.2) is 0 Å². The third kappa shape index (κ3) is 3.58. The zero-order valence-electron chi connectivity index (χ0n) is 10.6. The molecule has 0 amide bonds. The van der Waals surface area contributed by atoms with Crippen LogP contribution < -0.4 is 10.1 Å². The molecule has 0 fully saturated rings. The van der Waals surface area contributed by atoms with E-state index in [1.165, 1.54) is 6.20 Å². The highest BCUT2D eigenvalue weighted by Gasteiger charge is 2.10. The van der Waals surface area contributed by atoms with Gasteiger partial charge in [-0.25, -0.2) is 4.98 Å². The van der Waals surface area contributed by atoms with Crippen LogP contribution in [-0.4, -0.2) is 16.5 Å². The molecule has 0 atom stereocenters. The van der Waals surface area contributed by atoms with Crippen LogP contribution in [0.2, 0.25) is 5.02 Å². The van der Waals surface area contributed by atoms with Crippen LogP contribution in [0.25, 0.3) is 0 Å². The number of ether oxygens (including phenoxy) is 1. The van der Waals surface area contributed by atoms with Crippen molar-refractivity contribution in [2.75, 3.05) is 11.9 Å². The zero-order chi connectivity index (χ0) is 13.8. The van der Waals surface area contributed by atoms with E-state index in [-0.39, 0.29) is 0 Å². The van der Waals surface area contributed by atoms with Crippen LogP contribution >= 0.6 is 27.5 Å². The second-order valence-corrected chi connectivity index (χ2v) is 5.17. The van der Waals surface area contributed by atoms with Crippen LogP contribution in [0, 0.1) is 6.92 Å². The Morgan fingerprint density at radius 2 is 2.21 bits per heavy atom. The summed E-state index contributed by atoms with van der Waals surface area (Å²) in [5.74, 6) is 1.48. The van der Waals surface area contributed by atoms with Gasteiger partial charge in [0.2, 0.25) is 11.8 Å². The summed E-state index contributed by atoms with van der Waals surface area (Å²) in [6, 6.07) is 5.79. The first kappa shape index (κ1) is 14.1. The summed E-state index contributed by atoms with van der Waals surface area (Å²) in [7, 11) is 0. The molecule has 19 heavy (non-hydrogen) atoms. The highest BCUT2D eigenvalue weighted by atomic mass is 79.9. The van der Waals surface area contributed by atoms with E-state index >= 15 is 0 Å². The van der Waals surface area contributed by atoms with Gasteiger partial charge in [-0.1, -0.05) is 17.7 Å². The molecule has 1 heterocycles. The maximum absolute atomic E-state index is 6.04. The van der Waals surface area contributed by atoms with Crippen molar-refractivity contribution in [2.45, 2.75) is 13.8 Å². The Morgan fingerprint density at radius 3 is 2.89 bits per heavy atom. The topological polar surface area (TPSA) is 47.0 Å². The Kier molecular flexibility index (Phi) is 4.61.